The molecule has 0 radical (unpaired) electrons. The minimum Gasteiger partial charge on any atom is -0.409 e. The minimum absolute atomic E-state index is 0.265. The fraction of sp³-hybridized carbons (Fsp3) is 0.900. The topological polar surface area (TPSA) is 71.1 Å². The molecule has 0 aliphatic carbocycles. The van der Waals surface area contributed by atoms with Crippen LogP contribution in [0, 0.1) is 0 Å². The second-order valence-electron chi connectivity index (χ2n) is 3.96. The summed E-state index contributed by atoms with van der Waals surface area (Å²) in [5.74, 6) is 0.265. The van der Waals surface area contributed by atoms with E-state index in [1.54, 1.807) is 0 Å². The van der Waals surface area contributed by atoms with Gasteiger partial charge in [-0.3, -0.25) is 4.90 Å². The Balaban J connectivity index is 2.34. The summed E-state index contributed by atoms with van der Waals surface area (Å²) in [4.78, 5) is 2.17. The summed E-state index contributed by atoms with van der Waals surface area (Å²) in [6, 6.07) is 0. The van der Waals surface area contributed by atoms with Gasteiger partial charge in [-0.25, -0.2) is 0 Å². The zero-order valence-electron chi connectivity index (χ0n) is 9.35. The van der Waals surface area contributed by atoms with Crippen molar-refractivity contribution in [2.24, 2.45) is 10.9 Å². The van der Waals surface area contributed by atoms with Crippen molar-refractivity contribution in [1.29, 1.82) is 0 Å². The largest absolute Gasteiger partial charge is 0.409 e. The first-order valence-electron chi connectivity index (χ1n) is 5.56. The van der Waals surface area contributed by atoms with E-state index in [-0.39, 0.29) is 5.84 Å². The summed E-state index contributed by atoms with van der Waals surface area (Å²) < 4.78 is 5.56. The summed E-state index contributed by atoms with van der Waals surface area (Å²) in [5.41, 5.74) is 5.50. The van der Waals surface area contributed by atoms with E-state index in [1.165, 1.54) is 0 Å². The van der Waals surface area contributed by atoms with Crippen LogP contribution in [-0.4, -0.2) is 48.3 Å². The minimum atomic E-state index is 0.265. The zero-order valence-corrected chi connectivity index (χ0v) is 9.35. The molecule has 5 nitrogen and oxygen atoms in total. The van der Waals surface area contributed by atoms with E-state index in [2.05, 4.69) is 17.0 Å². The molecule has 88 valence electrons. The van der Waals surface area contributed by atoms with Crippen LogP contribution in [0.3, 0.4) is 0 Å². The number of rotatable bonds is 6. The number of oxime groups is 1. The van der Waals surface area contributed by atoms with Gasteiger partial charge < -0.3 is 15.7 Å². The quantitative estimate of drug-likeness (QED) is 0.295. The predicted molar refractivity (Wildman–Crippen MR) is 59.1 cm³/mol. The van der Waals surface area contributed by atoms with Crippen LogP contribution in [0.1, 0.15) is 26.2 Å². The highest BCUT2D eigenvalue weighted by Crippen LogP contribution is 2.13. The van der Waals surface area contributed by atoms with Crippen molar-refractivity contribution >= 4 is 5.84 Å². The lowest BCUT2D eigenvalue weighted by Crippen LogP contribution is -2.39. The maximum absolute atomic E-state index is 8.52. The van der Waals surface area contributed by atoms with E-state index in [0.29, 0.717) is 12.6 Å². The molecule has 0 aromatic heterocycles. The van der Waals surface area contributed by atoms with Crippen LogP contribution in [0.5, 0.6) is 0 Å². The van der Waals surface area contributed by atoms with E-state index in [0.717, 1.165) is 39.0 Å². The molecule has 1 heterocycles. The smallest absolute Gasteiger partial charge is 0.153 e. The molecule has 0 amide bonds. The van der Waals surface area contributed by atoms with Gasteiger partial charge in [-0.15, -0.1) is 0 Å². The van der Waals surface area contributed by atoms with Crippen LogP contribution in [0.4, 0.5) is 0 Å². The van der Waals surface area contributed by atoms with E-state index >= 15 is 0 Å². The summed E-state index contributed by atoms with van der Waals surface area (Å²) in [6.45, 7) is 5.34. The lowest BCUT2D eigenvalue weighted by Gasteiger charge is -2.23. The average molecular weight is 215 g/mol. The van der Waals surface area contributed by atoms with Crippen LogP contribution in [0.25, 0.3) is 0 Å². The fourth-order valence-electron chi connectivity index (χ4n) is 1.89. The molecule has 0 aromatic rings. The molecule has 0 aromatic carbocycles. The maximum atomic E-state index is 8.52. The lowest BCUT2D eigenvalue weighted by atomic mass is 10.2. The van der Waals surface area contributed by atoms with Crippen molar-refractivity contribution in [2.75, 3.05) is 26.2 Å². The summed E-state index contributed by atoms with van der Waals surface area (Å²) in [6.07, 6.45) is 3.65. The van der Waals surface area contributed by atoms with E-state index in [1.807, 2.05) is 0 Å². The highest BCUT2D eigenvalue weighted by Gasteiger charge is 2.19. The molecule has 1 fully saturated rings. The Morgan fingerprint density at radius 1 is 1.67 bits per heavy atom. The van der Waals surface area contributed by atoms with Gasteiger partial charge in [0.2, 0.25) is 0 Å². The van der Waals surface area contributed by atoms with Crippen LogP contribution in [0.2, 0.25) is 0 Å². The zero-order chi connectivity index (χ0) is 11.1. The van der Waals surface area contributed by atoms with E-state index < -0.39 is 0 Å². The van der Waals surface area contributed by atoms with Gasteiger partial charge in [0, 0.05) is 13.2 Å². The van der Waals surface area contributed by atoms with Crippen molar-refractivity contribution in [2.45, 2.75) is 32.3 Å². The van der Waals surface area contributed by atoms with Gasteiger partial charge in [-0.2, -0.15) is 0 Å². The standard InChI is InChI=1S/C10H21N3O2/c1-2-5-13(8-10(11)12-14)7-9-4-3-6-15-9/h9,14H,2-8H2,1H3,(H2,11,12). The Bertz CT molecular complexity index is 203. The summed E-state index contributed by atoms with van der Waals surface area (Å²) >= 11 is 0. The number of amidine groups is 1. The molecular formula is C10H21N3O2. The highest BCUT2D eigenvalue weighted by molar-refractivity contribution is 5.81. The second kappa shape index (κ2) is 6.63. The van der Waals surface area contributed by atoms with E-state index in [4.69, 9.17) is 15.7 Å². The third kappa shape index (κ3) is 4.48. The lowest BCUT2D eigenvalue weighted by molar-refractivity contribution is 0.0778. The molecular weight excluding hydrogens is 194 g/mol. The first kappa shape index (κ1) is 12.3. The third-order valence-electron chi connectivity index (χ3n) is 2.54. The normalized spacial score (nSPS) is 22.5. The van der Waals surface area contributed by atoms with Gasteiger partial charge in [-0.1, -0.05) is 12.1 Å². The molecule has 1 atom stereocenters. The summed E-state index contributed by atoms with van der Waals surface area (Å²) in [7, 11) is 0. The Hall–Kier alpha value is -0.810. The number of nitrogens with zero attached hydrogens (tertiary/aromatic N) is 2. The van der Waals surface area contributed by atoms with Crippen LogP contribution >= 0.6 is 0 Å². The van der Waals surface area contributed by atoms with Crippen LogP contribution in [0.15, 0.2) is 5.16 Å². The molecule has 5 heteroatoms. The first-order valence-corrected chi connectivity index (χ1v) is 5.56. The predicted octanol–water partition coefficient (Wildman–Crippen LogP) is 0.624. The van der Waals surface area contributed by atoms with Gasteiger partial charge in [0.25, 0.3) is 0 Å². The van der Waals surface area contributed by atoms with Crippen LogP contribution in [-0.2, 0) is 4.74 Å². The van der Waals surface area contributed by atoms with Gasteiger partial charge in [0.1, 0.15) is 0 Å². The molecule has 0 saturated carbocycles. The number of nitrogens with two attached hydrogens (primary N) is 1. The monoisotopic (exact) mass is 215 g/mol. The maximum Gasteiger partial charge on any atom is 0.153 e. The number of hydrogen-bond acceptors (Lipinski definition) is 4. The molecule has 1 aliphatic rings. The van der Waals surface area contributed by atoms with Crippen molar-refractivity contribution < 1.29 is 9.94 Å². The highest BCUT2D eigenvalue weighted by atomic mass is 16.5. The molecule has 3 N–H and O–H groups in total. The third-order valence-corrected chi connectivity index (χ3v) is 2.54. The summed E-state index contributed by atoms with van der Waals surface area (Å²) in [5, 5.41) is 11.5. The Kier molecular flexibility index (Phi) is 5.42. The van der Waals surface area contributed by atoms with Crippen molar-refractivity contribution in [1.82, 2.24) is 4.90 Å². The van der Waals surface area contributed by atoms with E-state index in [9.17, 15) is 0 Å². The Morgan fingerprint density at radius 2 is 2.47 bits per heavy atom. The Labute approximate surface area is 90.9 Å². The van der Waals surface area contributed by atoms with Gasteiger partial charge >= 0.3 is 0 Å². The first-order chi connectivity index (χ1) is 7.26. The van der Waals surface area contributed by atoms with Crippen molar-refractivity contribution in [3.8, 4) is 0 Å². The average Bonchev–Trinajstić information content (AvgIpc) is 2.70. The van der Waals surface area contributed by atoms with Gasteiger partial charge in [-0.05, 0) is 25.8 Å². The van der Waals surface area contributed by atoms with Crippen molar-refractivity contribution in [3.05, 3.63) is 0 Å². The number of hydrogen-bond donors (Lipinski definition) is 2. The van der Waals surface area contributed by atoms with Crippen LogP contribution < -0.4 is 5.73 Å². The molecule has 1 aliphatic heterocycles. The molecule has 1 unspecified atom stereocenters. The second-order valence-corrected chi connectivity index (χ2v) is 3.96. The Morgan fingerprint density at radius 3 is 3.00 bits per heavy atom. The molecule has 1 rings (SSSR count). The molecule has 0 spiro atoms. The van der Waals surface area contributed by atoms with Gasteiger partial charge in [0.05, 0.1) is 12.6 Å². The fourth-order valence-corrected chi connectivity index (χ4v) is 1.89. The number of ether oxygens (including phenoxy) is 1. The molecule has 1 saturated heterocycles. The van der Waals surface area contributed by atoms with Crippen molar-refractivity contribution in [3.63, 3.8) is 0 Å². The molecule has 15 heavy (non-hydrogen) atoms. The van der Waals surface area contributed by atoms with Gasteiger partial charge in [0.15, 0.2) is 5.84 Å². The SMILES string of the molecule is CCCN(CC(N)=NO)CC1CCCO1. The molecule has 0 bridgehead atoms.